The van der Waals surface area contributed by atoms with Crippen LogP contribution in [0.4, 0.5) is 5.82 Å². The fourth-order valence-corrected chi connectivity index (χ4v) is 4.64. The third-order valence-corrected chi connectivity index (χ3v) is 7.37. The average Bonchev–Trinajstić information content (AvgIpc) is 3.39. The van der Waals surface area contributed by atoms with E-state index in [1.165, 1.54) is 6.26 Å². The van der Waals surface area contributed by atoms with Crippen molar-refractivity contribution in [1.29, 1.82) is 0 Å². The molecule has 162 valence electrons. The van der Waals surface area contributed by atoms with Crippen molar-refractivity contribution >= 4 is 37.7 Å². The number of H-pyrrole nitrogens is 1. The first-order valence-corrected chi connectivity index (χ1v) is 12.1. The van der Waals surface area contributed by atoms with Gasteiger partial charge in [-0.15, -0.1) is 0 Å². The maximum absolute atomic E-state index is 12.3. The van der Waals surface area contributed by atoms with Gasteiger partial charge in [0.05, 0.1) is 24.6 Å². The second-order valence-electron chi connectivity index (χ2n) is 7.98. The van der Waals surface area contributed by atoms with Gasteiger partial charge in [0.25, 0.3) is 0 Å². The van der Waals surface area contributed by atoms with Crippen LogP contribution in [-0.2, 0) is 14.6 Å². The van der Waals surface area contributed by atoms with Crippen LogP contribution in [0.2, 0.25) is 0 Å². The quantitative estimate of drug-likeness (QED) is 0.520. The summed E-state index contributed by atoms with van der Waals surface area (Å²) in [6, 6.07) is 5.87. The average molecular weight is 441 g/mol. The highest BCUT2D eigenvalue weighted by atomic mass is 32.2. The van der Waals surface area contributed by atoms with Crippen molar-refractivity contribution in [2.45, 2.75) is 25.3 Å². The van der Waals surface area contributed by atoms with Crippen molar-refractivity contribution in [2.24, 2.45) is 0 Å². The SMILES string of the molecule is CC(n1ccc2c(N3CCOC[C@H]3C)nc(-c3ccnc4[nH]ccc34)nc21)S(C)(=O)=O. The number of sulfone groups is 1. The van der Waals surface area contributed by atoms with Crippen LogP contribution in [0.3, 0.4) is 0 Å². The van der Waals surface area contributed by atoms with Crippen LogP contribution in [-0.4, -0.2) is 65.0 Å². The van der Waals surface area contributed by atoms with E-state index in [1.54, 1.807) is 23.9 Å². The minimum atomic E-state index is -3.31. The van der Waals surface area contributed by atoms with Crippen molar-refractivity contribution in [3.8, 4) is 11.4 Å². The van der Waals surface area contributed by atoms with Gasteiger partial charge in [-0.1, -0.05) is 0 Å². The molecule has 1 fully saturated rings. The Morgan fingerprint density at radius 1 is 1.23 bits per heavy atom. The lowest BCUT2D eigenvalue weighted by atomic mass is 10.1. The number of rotatable bonds is 4. The predicted molar refractivity (Wildman–Crippen MR) is 120 cm³/mol. The molecular formula is C21H24N6O3S. The third-order valence-electron chi connectivity index (χ3n) is 5.90. The largest absolute Gasteiger partial charge is 0.377 e. The van der Waals surface area contributed by atoms with E-state index in [0.29, 0.717) is 31.2 Å². The first-order valence-electron chi connectivity index (χ1n) is 10.2. The first kappa shape index (κ1) is 20.0. The minimum absolute atomic E-state index is 0.139. The molecule has 0 amide bonds. The van der Waals surface area contributed by atoms with Crippen molar-refractivity contribution in [2.75, 3.05) is 30.9 Å². The molecule has 4 aromatic heterocycles. The molecule has 0 spiro atoms. The molecule has 1 saturated heterocycles. The van der Waals surface area contributed by atoms with Gasteiger partial charge in [0.1, 0.15) is 22.5 Å². The Morgan fingerprint density at radius 3 is 2.84 bits per heavy atom. The van der Waals surface area contributed by atoms with Gasteiger partial charge in [-0.3, -0.25) is 0 Å². The molecule has 0 saturated carbocycles. The number of fused-ring (bicyclic) bond motifs is 2. The van der Waals surface area contributed by atoms with Crippen molar-refractivity contribution in [3.63, 3.8) is 0 Å². The Labute approximate surface area is 180 Å². The van der Waals surface area contributed by atoms with Crippen LogP contribution in [0.1, 0.15) is 19.2 Å². The minimum Gasteiger partial charge on any atom is -0.377 e. The Hall–Kier alpha value is -2.98. The van der Waals surface area contributed by atoms with Gasteiger partial charge in [0.15, 0.2) is 15.7 Å². The summed E-state index contributed by atoms with van der Waals surface area (Å²) in [5.74, 6) is 1.32. The normalized spacial score (nSPS) is 18.7. The highest BCUT2D eigenvalue weighted by Crippen LogP contribution is 2.34. The molecule has 1 aliphatic heterocycles. The predicted octanol–water partition coefficient (Wildman–Crippen LogP) is 2.76. The number of anilines is 1. The lowest BCUT2D eigenvalue weighted by molar-refractivity contribution is 0.0987. The van der Waals surface area contributed by atoms with Crippen LogP contribution in [0, 0.1) is 0 Å². The Bertz CT molecular complexity index is 1380. The number of nitrogens with one attached hydrogen (secondary N) is 1. The molecule has 1 unspecified atom stereocenters. The lowest BCUT2D eigenvalue weighted by Gasteiger charge is -2.34. The summed E-state index contributed by atoms with van der Waals surface area (Å²) in [4.78, 5) is 19.5. The van der Waals surface area contributed by atoms with Gasteiger partial charge in [0.2, 0.25) is 0 Å². The second-order valence-corrected chi connectivity index (χ2v) is 10.3. The molecule has 1 aliphatic rings. The van der Waals surface area contributed by atoms with E-state index in [2.05, 4.69) is 21.8 Å². The first-order chi connectivity index (χ1) is 14.8. The fraction of sp³-hybridized carbons (Fsp3) is 0.381. The van der Waals surface area contributed by atoms with E-state index in [1.807, 2.05) is 24.4 Å². The van der Waals surface area contributed by atoms with Crippen molar-refractivity contribution in [3.05, 3.63) is 36.8 Å². The molecule has 0 aliphatic carbocycles. The number of aromatic nitrogens is 5. The van der Waals surface area contributed by atoms with E-state index in [9.17, 15) is 8.42 Å². The molecule has 0 aromatic carbocycles. The number of pyridine rings is 1. The summed E-state index contributed by atoms with van der Waals surface area (Å²) >= 11 is 0. The van der Waals surface area contributed by atoms with Gasteiger partial charge in [-0.05, 0) is 32.0 Å². The standard InChI is InChI=1S/C21H24N6O3S/c1-13-12-30-11-10-26(13)20-17-6-9-27(14(2)31(3,28)29)21(17)25-19(24-20)16-5-8-23-18-15(16)4-7-22-18/h4-9,13-14H,10-12H2,1-3H3,(H,22,23)/t13-,14?/m1/s1. The van der Waals surface area contributed by atoms with Gasteiger partial charge in [-0.2, -0.15) is 0 Å². The second kappa shape index (κ2) is 7.31. The molecule has 9 nitrogen and oxygen atoms in total. The van der Waals surface area contributed by atoms with E-state index < -0.39 is 15.2 Å². The fourth-order valence-electron chi connectivity index (χ4n) is 4.05. The van der Waals surface area contributed by atoms with Gasteiger partial charge in [0, 0.05) is 42.3 Å². The summed E-state index contributed by atoms with van der Waals surface area (Å²) in [7, 11) is -3.31. The number of morpholine rings is 1. The molecular weight excluding hydrogens is 416 g/mol. The third kappa shape index (κ3) is 3.35. The van der Waals surface area contributed by atoms with E-state index in [-0.39, 0.29) is 6.04 Å². The summed E-state index contributed by atoms with van der Waals surface area (Å²) in [6.45, 7) is 5.70. The highest BCUT2D eigenvalue weighted by Gasteiger charge is 2.27. The summed E-state index contributed by atoms with van der Waals surface area (Å²) < 4.78 is 31.9. The smallest absolute Gasteiger partial charge is 0.168 e. The van der Waals surface area contributed by atoms with Crippen LogP contribution in [0.15, 0.2) is 36.8 Å². The molecule has 1 N–H and O–H groups in total. The Morgan fingerprint density at radius 2 is 2.06 bits per heavy atom. The highest BCUT2D eigenvalue weighted by molar-refractivity contribution is 7.90. The molecule has 0 radical (unpaired) electrons. The van der Waals surface area contributed by atoms with Gasteiger partial charge < -0.3 is 19.2 Å². The van der Waals surface area contributed by atoms with Gasteiger partial charge in [-0.25, -0.2) is 23.4 Å². The molecule has 2 atom stereocenters. The zero-order chi connectivity index (χ0) is 21.8. The molecule has 10 heteroatoms. The maximum atomic E-state index is 12.3. The molecule has 5 heterocycles. The number of hydrogen-bond acceptors (Lipinski definition) is 7. The van der Waals surface area contributed by atoms with Crippen LogP contribution in [0.25, 0.3) is 33.5 Å². The number of ether oxygens (including phenoxy) is 1. The van der Waals surface area contributed by atoms with Crippen molar-refractivity contribution < 1.29 is 13.2 Å². The summed E-state index contributed by atoms with van der Waals surface area (Å²) in [6.07, 6.45) is 6.57. The topological polar surface area (TPSA) is 106 Å². The Balaban J connectivity index is 1.79. The summed E-state index contributed by atoms with van der Waals surface area (Å²) in [5, 5.41) is 0.997. The molecule has 31 heavy (non-hydrogen) atoms. The van der Waals surface area contributed by atoms with Crippen LogP contribution < -0.4 is 4.90 Å². The van der Waals surface area contributed by atoms with E-state index in [0.717, 1.165) is 27.8 Å². The van der Waals surface area contributed by atoms with Crippen LogP contribution >= 0.6 is 0 Å². The van der Waals surface area contributed by atoms with E-state index >= 15 is 0 Å². The Kier molecular flexibility index (Phi) is 4.71. The van der Waals surface area contributed by atoms with Crippen LogP contribution in [0.5, 0.6) is 0 Å². The molecule has 4 aromatic rings. The van der Waals surface area contributed by atoms with Gasteiger partial charge >= 0.3 is 0 Å². The lowest BCUT2D eigenvalue weighted by Crippen LogP contribution is -2.44. The maximum Gasteiger partial charge on any atom is 0.168 e. The zero-order valence-corrected chi connectivity index (χ0v) is 18.4. The number of hydrogen-bond donors (Lipinski definition) is 1. The monoisotopic (exact) mass is 440 g/mol. The number of aromatic amines is 1. The van der Waals surface area contributed by atoms with E-state index in [4.69, 9.17) is 14.7 Å². The number of nitrogens with zero attached hydrogens (tertiary/aromatic N) is 5. The zero-order valence-electron chi connectivity index (χ0n) is 17.6. The summed E-state index contributed by atoms with van der Waals surface area (Å²) in [5.41, 5.74) is 2.19. The van der Waals surface area contributed by atoms with Crippen molar-refractivity contribution in [1.82, 2.24) is 24.5 Å². The molecule has 0 bridgehead atoms. The molecule has 5 rings (SSSR count).